The van der Waals surface area contributed by atoms with Crippen LogP contribution in [-0.4, -0.2) is 35.8 Å². The van der Waals surface area contributed by atoms with Crippen molar-refractivity contribution >= 4 is 17.3 Å². The van der Waals surface area contributed by atoms with Gasteiger partial charge in [0.1, 0.15) is 0 Å². The number of carboxylic acids is 1. The van der Waals surface area contributed by atoms with E-state index in [-0.39, 0.29) is 6.10 Å². The lowest BCUT2D eigenvalue weighted by molar-refractivity contribution is -0.138. The fourth-order valence-corrected chi connectivity index (χ4v) is 4.43. The lowest BCUT2D eigenvalue weighted by Crippen LogP contribution is -2.22. The Labute approximate surface area is 207 Å². The van der Waals surface area contributed by atoms with Crippen LogP contribution < -0.4 is 14.4 Å². The van der Waals surface area contributed by atoms with E-state index in [4.69, 9.17) is 9.47 Å². The van der Waals surface area contributed by atoms with Gasteiger partial charge in [0.25, 0.3) is 0 Å². The largest absolute Gasteiger partial charge is 0.493 e. The highest BCUT2D eigenvalue weighted by Gasteiger charge is 2.35. The van der Waals surface area contributed by atoms with E-state index in [0.29, 0.717) is 35.8 Å². The molecule has 0 amide bonds. The van der Waals surface area contributed by atoms with Gasteiger partial charge in [0.2, 0.25) is 0 Å². The Morgan fingerprint density at radius 3 is 2.44 bits per heavy atom. The van der Waals surface area contributed by atoms with Crippen molar-refractivity contribution in [1.29, 1.82) is 0 Å². The Balaban J connectivity index is 1.75. The average Bonchev–Trinajstić information content (AvgIpc) is 3.37. The van der Waals surface area contributed by atoms with Crippen molar-refractivity contribution in [1.82, 2.24) is 4.98 Å². The van der Waals surface area contributed by atoms with E-state index >= 15 is 0 Å². The Bertz CT molecular complexity index is 1200. The van der Waals surface area contributed by atoms with Crippen LogP contribution in [0, 0.1) is 0 Å². The van der Waals surface area contributed by atoms with Crippen molar-refractivity contribution in [3.05, 3.63) is 77.6 Å². The minimum Gasteiger partial charge on any atom is -0.493 e. The fraction of sp³-hybridized carbons (Fsp3) is 0.333. The van der Waals surface area contributed by atoms with Gasteiger partial charge in [-0.05, 0) is 74.1 Å². The van der Waals surface area contributed by atoms with Crippen LogP contribution in [0.25, 0.3) is 0 Å². The quantitative estimate of drug-likeness (QED) is 0.361. The van der Waals surface area contributed by atoms with Crippen molar-refractivity contribution in [3.63, 3.8) is 0 Å². The molecule has 190 valence electrons. The van der Waals surface area contributed by atoms with Crippen LogP contribution in [-0.2, 0) is 12.6 Å². The van der Waals surface area contributed by atoms with Gasteiger partial charge in [-0.25, -0.2) is 4.79 Å². The molecule has 9 heteroatoms. The van der Waals surface area contributed by atoms with E-state index in [2.05, 4.69) is 4.98 Å². The van der Waals surface area contributed by atoms with Gasteiger partial charge in [-0.15, -0.1) is 0 Å². The zero-order valence-electron chi connectivity index (χ0n) is 19.8. The number of pyridine rings is 1. The summed E-state index contributed by atoms with van der Waals surface area (Å²) in [4.78, 5) is 17.6. The standard InChI is InChI=1S/C27H27F3N2O4/c1-35-24-11-9-20(16-25(24)36-21-6-2-3-7-21)32(14-12-18-5-4-13-31-17-18)19-8-10-23(27(28,29)30)22(15-19)26(33)34/h4-5,8-11,13,15-17,21H,2-3,6-7,12,14H2,1H3,(H,33,34). The first-order valence-electron chi connectivity index (χ1n) is 11.7. The Hall–Kier alpha value is -3.75. The van der Waals surface area contributed by atoms with Crippen molar-refractivity contribution in [2.45, 2.75) is 44.4 Å². The number of anilines is 2. The van der Waals surface area contributed by atoms with Crippen LogP contribution in [0.2, 0.25) is 0 Å². The highest BCUT2D eigenvalue weighted by Crippen LogP contribution is 2.39. The summed E-state index contributed by atoms with van der Waals surface area (Å²) in [5.41, 5.74) is -0.0952. The van der Waals surface area contributed by atoms with Crippen LogP contribution in [0.3, 0.4) is 0 Å². The zero-order chi connectivity index (χ0) is 25.7. The third-order valence-corrected chi connectivity index (χ3v) is 6.25. The van der Waals surface area contributed by atoms with E-state index in [1.54, 1.807) is 48.7 Å². The Kier molecular flexibility index (Phi) is 7.67. The topological polar surface area (TPSA) is 71.9 Å². The summed E-state index contributed by atoms with van der Waals surface area (Å²) in [6.45, 7) is 0.366. The van der Waals surface area contributed by atoms with Gasteiger partial charge in [-0.1, -0.05) is 6.07 Å². The molecule has 1 saturated carbocycles. The smallest absolute Gasteiger partial charge is 0.417 e. The number of nitrogens with zero attached hydrogens (tertiary/aromatic N) is 2. The van der Waals surface area contributed by atoms with Gasteiger partial charge in [-0.2, -0.15) is 13.2 Å². The molecule has 4 rings (SSSR count). The molecule has 6 nitrogen and oxygen atoms in total. The third-order valence-electron chi connectivity index (χ3n) is 6.25. The first-order chi connectivity index (χ1) is 17.3. The molecule has 0 atom stereocenters. The molecule has 3 aromatic rings. The number of hydrogen-bond donors (Lipinski definition) is 1. The molecule has 0 radical (unpaired) electrons. The third kappa shape index (κ3) is 5.90. The van der Waals surface area contributed by atoms with Crippen molar-refractivity contribution in [3.8, 4) is 11.5 Å². The first-order valence-corrected chi connectivity index (χ1v) is 11.7. The number of carbonyl (C=O) groups is 1. The molecule has 1 heterocycles. The maximum Gasteiger partial charge on any atom is 0.417 e. The number of aromatic carboxylic acids is 1. The molecule has 1 aliphatic carbocycles. The number of alkyl halides is 3. The molecule has 0 spiro atoms. The van der Waals surface area contributed by atoms with Gasteiger partial charge in [-0.3, -0.25) is 4.98 Å². The summed E-state index contributed by atoms with van der Waals surface area (Å²) >= 11 is 0. The van der Waals surface area contributed by atoms with Crippen LogP contribution in [0.4, 0.5) is 24.5 Å². The molecule has 1 aliphatic rings. The summed E-state index contributed by atoms with van der Waals surface area (Å²) < 4.78 is 52.0. The van der Waals surface area contributed by atoms with Gasteiger partial charge in [0.15, 0.2) is 11.5 Å². The Morgan fingerprint density at radius 2 is 1.81 bits per heavy atom. The van der Waals surface area contributed by atoms with Crippen LogP contribution >= 0.6 is 0 Å². The number of carboxylic acid groups (broad SMARTS) is 1. The summed E-state index contributed by atoms with van der Waals surface area (Å²) in [5, 5.41) is 9.52. The van der Waals surface area contributed by atoms with Crippen LogP contribution in [0.15, 0.2) is 60.9 Å². The highest BCUT2D eigenvalue weighted by atomic mass is 19.4. The molecule has 1 N–H and O–H groups in total. The van der Waals surface area contributed by atoms with Crippen molar-refractivity contribution < 1.29 is 32.5 Å². The first kappa shape index (κ1) is 25.3. The molecule has 0 saturated heterocycles. The lowest BCUT2D eigenvalue weighted by Gasteiger charge is -2.27. The maximum absolute atomic E-state index is 13.4. The molecular weight excluding hydrogens is 473 g/mol. The number of methoxy groups -OCH3 is 1. The highest BCUT2D eigenvalue weighted by molar-refractivity contribution is 5.91. The van der Waals surface area contributed by atoms with E-state index in [0.717, 1.165) is 43.4 Å². The molecule has 2 aromatic carbocycles. The normalized spacial score (nSPS) is 14.0. The Morgan fingerprint density at radius 1 is 1.08 bits per heavy atom. The summed E-state index contributed by atoms with van der Waals surface area (Å²) in [6.07, 6.45) is 3.27. The van der Waals surface area contributed by atoms with E-state index < -0.39 is 23.3 Å². The average molecular weight is 501 g/mol. The minimum absolute atomic E-state index is 0.0719. The molecule has 36 heavy (non-hydrogen) atoms. The summed E-state index contributed by atoms with van der Waals surface area (Å²) in [5.74, 6) is -0.550. The molecule has 0 unspecified atom stereocenters. The second-order valence-electron chi connectivity index (χ2n) is 8.66. The van der Waals surface area contributed by atoms with E-state index in [1.807, 2.05) is 6.07 Å². The number of halogens is 3. The predicted molar refractivity (Wildman–Crippen MR) is 129 cm³/mol. The number of benzene rings is 2. The minimum atomic E-state index is -4.78. The second kappa shape index (κ2) is 10.9. The van der Waals surface area contributed by atoms with Crippen LogP contribution in [0.1, 0.15) is 47.2 Å². The number of aromatic nitrogens is 1. The number of ether oxygens (including phenoxy) is 2. The van der Waals surface area contributed by atoms with E-state index in [1.165, 1.54) is 6.07 Å². The summed E-state index contributed by atoms with van der Waals surface area (Å²) in [7, 11) is 1.55. The summed E-state index contributed by atoms with van der Waals surface area (Å²) in [6, 6.07) is 12.2. The van der Waals surface area contributed by atoms with Gasteiger partial charge >= 0.3 is 12.1 Å². The lowest BCUT2D eigenvalue weighted by atomic mass is 10.0. The fourth-order valence-electron chi connectivity index (χ4n) is 4.43. The zero-order valence-corrected chi connectivity index (χ0v) is 19.8. The molecule has 0 aliphatic heterocycles. The number of rotatable bonds is 9. The molecule has 0 bridgehead atoms. The van der Waals surface area contributed by atoms with Gasteiger partial charge < -0.3 is 19.5 Å². The maximum atomic E-state index is 13.4. The predicted octanol–water partition coefficient (Wildman–Crippen LogP) is 6.51. The molecule has 1 fully saturated rings. The molecular formula is C27H27F3N2O4. The number of hydrogen-bond acceptors (Lipinski definition) is 5. The van der Waals surface area contributed by atoms with Gasteiger partial charge in [0.05, 0.1) is 24.3 Å². The molecule has 1 aromatic heterocycles. The van der Waals surface area contributed by atoms with E-state index in [9.17, 15) is 23.1 Å². The van der Waals surface area contributed by atoms with Crippen LogP contribution in [0.5, 0.6) is 11.5 Å². The van der Waals surface area contributed by atoms with Crippen molar-refractivity contribution in [2.24, 2.45) is 0 Å². The van der Waals surface area contributed by atoms with Crippen molar-refractivity contribution in [2.75, 3.05) is 18.6 Å². The van der Waals surface area contributed by atoms with Gasteiger partial charge in [0, 0.05) is 36.4 Å². The second-order valence-corrected chi connectivity index (χ2v) is 8.66. The SMILES string of the molecule is COc1ccc(N(CCc2cccnc2)c2ccc(C(F)(F)F)c(C(=O)O)c2)cc1OC1CCCC1. The monoisotopic (exact) mass is 500 g/mol.